The smallest absolute Gasteiger partial charge is 0.312 e. The number of hydrogen-bond donors (Lipinski definition) is 0. The molecule has 2 aromatic carbocycles. The molecule has 0 bridgehead atoms. The van der Waals surface area contributed by atoms with Crippen molar-refractivity contribution in [3.63, 3.8) is 0 Å². The van der Waals surface area contributed by atoms with E-state index in [0.717, 1.165) is 18.9 Å². The SMILES string of the molecule is O=[N+]([O-])c1cc(S(=O)(=O)N2CCCC2)ccc1Oc1ccc2c(c1)OCCO2. The Bertz CT molecular complexity index is 1020. The number of hydrogen-bond acceptors (Lipinski definition) is 7. The first-order valence-corrected chi connectivity index (χ1v) is 10.3. The summed E-state index contributed by atoms with van der Waals surface area (Å²) in [6.07, 6.45) is 1.57. The van der Waals surface area contributed by atoms with E-state index in [2.05, 4.69) is 0 Å². The van der Waals surface area contributed by atoms with E-state index in [1.807, 2.05) is 0 Å². The van der Waals surface area contributed by atoms with Crippen LogP contribution in [0.15, 0.2) is 41.3 Å². The van der Waals surface area contributed by atoms with Gasteiger partial charge in [-0.3, -0.25) is 10.1 Å². The molecule has 0 aliphatic carbocycles. The van der Waals surface area contributed by atoms with Gasteiger partial charge < -0.3 is 14.2 Å². The fourth-order valence-electron chi connectivity index (χ4n) is 3.18. The highest BCUT2D eigenvalue weighted by molar-refractivity contribution is 7.89. The van der Waals surface area contributed by atoms with Crippen molar-refractivity contribution in [1.82, 2.24) is 4.31 Å². The summed E-state index contributed by atoms with van der Waals surface area (Å²) in [5.41, 5.74) is -0.421. The Hall–Kier alpha value is -2.85. The Balaban J connectivity index is 1.65. The van der Waals surface area contributed by atoms with E-state index in [4.69, 9.17) is 14.2 Å². The standard InChI is InChI=1S/C18H18N2O7S/c21-20(22)15-12-14(28(23,24)19-7-1-2-8-19)4-6-16(15)27-13-3-5-17-18(11-13)26-10-9-25-17/h3-6,11-12H,1-2,7-10H2. The van der Waals surface area contributed by atoms with Crippen molar-refractivity contribution in [3.8, 4) is 23.0 Å². The van der Waals surface area contributed by atoms with Gasteiger partial charge in [-0.25, -0.2) is 8.42 Å². The number of rotatable bonds is 5. The highest BCUT2D eigenvalue weighted by Gasteiger charge is 2.30. The van der Waals surface area contributed by atoms with E-state index in [9.17, 15) is 18.5 Å². The van der Waals surface area contributed by atoms with E-state index >= 15 is 0 Å². The molecule has 0 aromatic heterocycles. The van der Waals surface area contributed by atoms with Crippen LogP contribution in [0.4, 0.5) is 5.69 Å². The van der Waals surface area contributed by atoms with Gasteiger partial charge in [0.05, 0.1) is 9.82 Å². The molecule has 2 aromatic rings. The van der Waals surface area contributed by atoms with Gasteiger partial charge in [0.1, 0.15) is 19.0 Å². The van der Waals surface area contributed by atoms with Crippen LogP contribution >= 0.6 is 0 Å². The lowest BCUT2D eigenvalue weighted by Crippen LogP contribution is -2.27. The topological polar surface area (TPSA) is 108 Å². The summed E-state index contributed by atoms with van der Waals surface area (Å²) in [6.45, 7) is 1.70. The second kappa shape index (κ2) is 7.28. The van der Waals surface area contributed by atoms with E-state index in [0.29, 0.717) is 43.6 Å². The monoisotopic (exact) mass is 406 g/mol. The summed E-state index contributed by atoms with van der Waals surface area (Å²) >= 11 is 0. The van der Waals surface area contributed by atoms with Gasteiger partial charge in [0, 0.05) is 25.2 Å². The minimum Gasteiger partial charge on any atom is -0.486 e. The zero-order chi connectivity index (χ0) is 19.7. The maximum absolute atomic E-state index is 12.7. The van der Waals surface area contributed by atoms with Gasteiger partial charge in [0.15, 0.2) is 11.5 Å². The molecule has 148 valence electrons. The fourth-order valence-corrected chi connectivity index (χ4v) is 4.72. The molecule has 0 unspecified atom stereocenters. The van der Waals surface area contributed by atoms with Gasteiger partial charge in [0.2, 0.25) is 15.8 Å². The van der Waals surface area contributed by atoms with Gasteiger partial charge in [0.25, 0.3) is 0 Å². The van der Waals surface area contributed by atoms with Gasteiger partial charge in [-0.1, -0.05) is 0 Å². The third-order valence-corrected chi connectivity index (χ3v) is 6.47. The van der Waals surface area contributed by atoms with Gasteiger partial charge in [-0.2, -0.15) is 4.31 Å². The van der Waals surface area contributed by atoms with Crippen LogP contribution in [0.3, 0.4) is 0 Å². The Morgan fingerprint density at radius 1 is 1.00 bits per heavy atom. The Kier molecular flexibility index (Phi) is 4.82. The molecule has 0 saturated carbocycles. The minimum atomic E-state index is -3.76. The number of nitro benzene ring substituents is 1. The third-order valence-electron chi connectivity index (χ3n) is 4.57. The van der Waals surface area contributed by atoms with Crippen molar-refractivity contribution in [2.75, 3.05) is 26.3 Å². The number of benzene rings is 2. The normalized spacial score (nSPS) is 16.7. The average molecular weight is 406 g/mol. The third kappa shape index (κ3) is 3.48. The molecule has 2 heterocycles. The average Bonchev–Trinajstić information content (AvgIpc) is 3.23. The lowest BCUT2D eigenvalue weighted by Gasteiger charge is -2.19. The Morgan fingerprint density at radius 2 is 1.71 bits per heavy atom. The first kappa shape index (κ1) is 18.5. The van der Waals surface area contributed by atoms with Crippen molar-refractivity contribution >= 4 is 15.7 Å². The summed E-state index contributed by atoms with van der Waals surface area (Å²) in [6, 6.07) is 8.51. The van der Waals surface area contributed by atoms with Crippen LogP contribution in [0.5, 0.6) is 23.0 Å². The molecule has 10 heteroatoms. The van der Waals surface area contributed by atoms with Crippen LogP contribution in [-0.2, 0) is 10.0 Å². The van der Waals surface area contributed by atoms with Crippen molar-refractivity contribution < 1.29 is 27.6 Å². The molecule has 1 fully saturated rings. The largest absolute Gasteiger partial charge is 0.486 e. The molecule has 0 radical (unpaired) electrons. The molecule has 0 atom stereocenters. The number of sulfonamides is 1. The van der Waals surface area contributed by atoms with Gasteiger partial charge in [-0.05, 0) is 37.1 Å². The first-order chi connectivity index (χ1) is 13.4. The van der Waals surface area contributed by atoms with Crippen molar-refractivity contribution in [3.05, 3.63) is 46.5 Å². The first-order valence-electron chi connectivity index (χ1n) is 8.81. The quantitative estimate of drug-likeness (QED) is 0.555. The molecule has 2 aliphatic heterocycles. The number of nitrogens with zero attached hydrogens (tertiary/aromatic N) is 2. The number of fused-ring (bicyclic) bond motifs is 1. The Labute approximate surface area is 161 Å². The maximum Gasteiger partial charge on any atom is 0.312 e. The lowest BCUT2D eigenvalue weighted by molar-refractivity contribution is -0.385. The zero-order valence-electron chi connectivity index (χ0n) is 14.9. The lowest BCUT2D eigenvalue weighted by atomic mass is 10.2. The highest BCUT2D eigenvalue weighted by atomic mass is 32.2. The number of ether oxygens (including phenoxy) is 3. The summed E-state index contributed by atoms with van der Waals surface area (Å²) in [5, 5.41) is 11.5. The van der Waals surface area contributed by atoms with Crippen molar-refractivity contribution in [2.24, 2.45) is 0 Å². The van der Waals surface area contributed by atoms with Crippen molar-refractivity contribution in [1.29, 1.82) is 0 Å². The van der Waals surface area contributed by atoms with Crippen LogP contribution in [-0.4, -0.2) is 43.9 Å². The molecule has 28 heavy (non-hydrogen) atoms. The molecule has 9 nitrogen and oxygen atoms in total. The second-order valence-electron chi connectivity index (χ2n) is 6.41. The summed E-state index contributed by atoms with van der Waals surface area (Å²) < 4.78 is 43.2. The van der Waals surface area contributed by atoms with Crippen LogP contribution < -0.4 is 14.2 Å². The van der Waals surface area contributed by atoms with Crippen molar-refractivity contribution in [2.45, 2.75) is 17.7 Å². The Morgan fingerprint density at radius 3 is 2.43 bits per heavy atom. The predicted molar refractivity (Wildman–Crippen MR) is 98.6 cm³/mol. The van der Waals surface area contributed by atoms with E-state index in [-0.39, 0.29) is 10.6 Å². The molecule has 0 spiro atoms. The van der Waals surface area contributed by atoms with E-state index in [1.165, 1.54) is 16.4 Å². The summed E-state index contributed by atoms with van der Waals surface area (Å²) in [7, 11) is -3.76. The number of nitro groups is 1. The summed E-state index contributed by atoms with van der Waals surface area (Å²) in [5.74, 6) is 1.32. The van der Waals surface area contributed by atoms with Gasteiger partial charge in [-0.15, -0.1) is 0 Å². The maximum atomic E-state index is 12.7. The second-order valence-corrected chi connectivity index (χ2v) is 8.34. The fraction of sp³-hybridized carbons (Fsp3) is 0.333. The van der Waals surface area contributed by atoms with Crippen LogP contribution in [0.1, 0.15) is 12.8 Å². The molecule has 4 rings (SSSR count). The highest BCUT2D eigenvalue weighted by Crippen LogP contribution is 2.38. The molecule has 0 amide bonds. The van der Waals surface area contributed by atoms with E-state index < -0.39 is 20.6 Å². The van der Waals surface area contributed by atoms with Gasteiger partial charge >= 0.3 is 5.69 Å². The molecule has 2 aliphatic rings. The van der Waals surface area contributed by atoms with E-state index in [1.54, 1.807) is 18.2 Å². The summed E-state index contributed by atoms with van der Waals surface area (Å²) in [4.78, 5) is 10.7. The molecular weight excluding hydrogens is 388 g/mol. The minimum absolute atomic E-state index is 0.0537. The van der Waals surface area contributed by atoms with Crippen LogP contribution in [0, 0.1) is 10.1 Å². The zero-order valence-corrected chi connectivity index (χ0v) is 15.7. The molecule has 1 saturated heterocycles. The van der Waals surface area contributed by atoms with Crippen LogP contribution in [0.25, 0.3) is 0 Å². The predicted octanol–water partition coefficient (Wildman–Crippen LogP) is 2.94. The molecule has 0 N–H and O–H groups in total. The molecular formula is C18H18N2O7S. The van der Waals surface area contributed by atoms with Crippen LogP contribution in [0.2, 0.25) is 0 Å².